The van der Waals surface area contributed by atoms with Crippen LogP contribution in [-0.2, 0) is 0 Å². The van der Waals surface area contributed by atoms with E-state index >= 15 is 0 Å². The quantitative estimate of drug-likeness (QED) is 0.765. The summed E-state index contributed by atoms with van der Waals surface area (Å²) in [6, 6.07) is 6.63. The molecule has 1 aromatic carbocycles. The lowest BCUT2D eigenvalue weighted by Crippen LogP contribution is -2.39. The van der Waals surface area contributed by atoms with Gasteiger partial charge in [0, 0.05) is 11.5 Å². The Morgan fingerprint density at radius 2 is 2.36 bits per heavy atom. The van der Waals surface area contributed by atoms with E-state index < -0.39 is 0 Å². The molecule has 3 heteroatoms. The zero-order chi connectivity index (χ0) is 10.1. The standard InChI is InChI=1S/C11H14BrNO/c1-3-9-7-14-11-5-4-8(12)6-10(11)13(9)2/h4-6,9H,3,7H2,1-2H3. The van der Waals surface area contributed by atoms with Gasteiger partial charge in [-0.3, -0.25) is 0 Å². The van der Waals surface area contributed by atoms with Gasteiger partial charge in [0.05, 0.1) is 11.7 Å². The van der Waals surface area contributed by atoms with Crippen LogP contribution in [0.25, 0.3) is 0 Å². The van der Waals surface area contributed by atoms with Crippen LogP contribution < -0.4 is 9.64 Å². The predicted molar refractivity (Wildman–Crippen MR) is 62.1 cm³/mol. The van der Waals surface area contributed by atoms with Gasteiger partial charge in [-0.15, -0.1) is 0 Å². The largest absolute Gasteiger partial charge is 0.489 e. The van der Waals surface area contributed by atoms with E-state index in [2.05, 4.69) is 40.9 Å². The Bertz CT molecular complexity index is 340. The first-order valence-corrected chi connectivity index (χ1v) is 5.67. The summed E-state index contributed by atoms with van der Waals surface area (Å²) in [5.74, 6) is 0.986. The Balaban J connectivity index is 2.38. The SMILES string of the molecule is CCC1COc2ccc(Br)cc2N1C. The molecule has 0 radical (unpaired) electrons. The van der Waals surface area contributed by atoms with Crippen molar-refractivity contribution in [2.75, 3.05) is 18.6 Å². The number of halogens is 1. The van der Waals surface area contributed by atoms with Crippen molar-refractivity contribution in [1.29, 1.82) is 0 Å². The highest BCUT2D eigenvalue weighted by molar-refractivity contribution is 9.10. The van der Waals surface area contributed by atoms with E-state index in [0.717, 1.165) is 23.2 Å². The zero-order valence-electron chi connectivity index (χ0n) is 8.46. The van der Waals surface area contributed by atoms with Crippen LogP contribution in [0, 0.1) is 0 Å². The van der Waals surface area contributed by atoms with Gasteiger partial charge in [-0.2, -0.15) is 0 Å². The van der Waals surface area contributed by atoms with E-state index in [9.17, 15) is 0 Å². The van der Waals surface area contributed by atoms with Crippen LogP contribution in [-0.4, -0.2) is 19.7 Å². The minimum atomic E-state index is 0.497. The molecule has 2 nitrogen and oxygen atoms in total. The lowest BCUT2D eigenvalue weighted by molar-refractivity contribution is 0.263. The third kappa shape index (κ3) is 1.61. The molecule has 0 amide bonds. The van der Waals surface area contributed by atoms with E-state index in [1.807, 2.05) is 12.1 Å². The number of nitrogens with zero attached hydrogens (tertiary/aromatic N) is 1. The highest BCUT2D eigenvalue weighted by Gasteiger charge is 2.22. The monoisotopic (exact) mass is 255 g/mol. The highest BCUT2D eigenvalue weighted by Crippen LogP contribution is 2.35. The minimum absolute atomic E-state index is 0.497. The molecule has 14 heavy (non-hydrogen) atoms. The van der Waals surface area contributed by atoms with Gasteiger partial charge in [0.15, 0.2) is 0 Å². The molecule has 0 N–H and O–H groups in total. The Morgan fingerprint density at radius 3 is 3.07 bits per heavy atom. The van der Waals surface area contributed by atoms with Crippen LogP contribution in [0.2, 0.25) is 0 Å². The van der Waals surface area contributed by atoms with Crippen molar-refractivity contribution in [3.05, 3.63) is 22.7 Å². The van der Waals surface area contributed by atoms with Crippen LogP contribution >= 0.6 is 15.9 Å². The molecule has 1 atom stereocenters. The smallest absolute Gasteiger partial charge is 0.142 e. The normalized spacial score (nSPS) is 20.2. The number of rotatable bonds is 1. The molecule has 1 unspecified atom stereocenters. The highest BCUT2D eigenvalue weighted by atomic mass is 79.9. The third-order valence-corrected chi connectivity index (χ3v) is 3.24. The van der Waals surface area contributed by atoms with Crippen LogP contribution in [0.5, 0.6) is 5.75 Å². The van der Waals surface area contributed by atoms with Gasteiger partial charge in [0.1, 0.15) is 12.4 Å². The van der Waals surface area contributed by atoms with Gasteiger partial charge in [-0.1, -0.05) is 22.9 Å². The molecule has 76 valence electrons. The van der Waals surface area contributed by atoms with Crippen molar-refractivity contribution in [2.24, 2.45) is 0 Å². The van der Waals surface area contributed by atoms with Crippen molar-refractivity contribution in [1.82, 2.24) is 0 Å². The first kappa shape index (κ1) is 9.84. The van der Waals surface area contributed by atoms with Crippen LogP contribution in [0.3, 0.4) is 0 Å². The van der Waals surface area contributed by atoms with Crippen molar-refractivity contribution < 1.29 is 4.74 Å². The average molecular weight is 256 g/mol. The van der Waals surface area contributed by atoms with Gasteiger partial charge in [-0.25, -0.2) is 0 Å². The minimum Gasteiger partial charge on any atom is -0.489 e. The molecule has 1 aliphatic rings. The van der Waals surface area contributed by atoms with E-state index in [1.165, 1.54) is 5.69 Å². The van der Waals surface area contributed by atoms with Gasteiger partial charge < -0.3 is 9.64 Å². The molecular formula is C11H14BrNO. The first-order valence-electron chi connectivity index (χ1n) is 4.87. The van der Waals surface area contributed by atoms with Crippen LogP contribution in [0.15, 0.2) is 22.7 Å². The molecule has 1 heterocycles. The molecule has 0 aromatic heterocycles. The number of benzene rings is 1. The second-order valence-electron chi connectivity index (χ2n) is 3.60. The van der Waals surface area contributed by atoms with Crippen LogP contribution in [0.1, 0.15) is 13.3 Å². The third-order valence-electron chi connectivity index (χ3n) is 2.75. The maximum atomic E-state index is 5.69. The summed E-state index contributed by atoms with van der Waals surface area (Å²) in [6.45, 7) is 2.98. The van der Waals surface area contributed by atoms with Crippen LogP contribution in [0.4, 0.5) is 5.69 Å². The van der Waals surface area contributed by atoms with E-state index in [1.54, 1.807) is 0 Å². The second kappa shape index (κ2) is 3.81. The number of hydrogen-bond donors (Lipinski definition) is 0. The fourth-order valence-electron chi connectivity index (χ4n) is 1.77. The molecular weight excluding hydrogens is 242 g/mol. The fourth-order valence-corrected chi connectivity index (χ4v) is 2.12. The number of anilines is 1. The maximum absolute atomic E-state index is 5.69. The van der Waals surface area contributed by atoms with Gasteiger partial charge in [0.2, 0.25) is 0 Å². The number of hydrogen-bond acceptors (Lipinski definition) is 2. The lowest BCUT2D eigenvalue weighted by Gasteiger charge is -2.35. The number of fused-ring (bicyclic) bond motifs is 1. The van der Waals surface area contributed by atoms with Crippen molar-refractivity contribution in [3.8, 4) is 5.75 Å². The molecule has 0 saturated heterocycles. The topological polar surface area (TPSA) is 12.5 Å². The molecule has 1 aromatic rings. The summed E-state index contributed by atoms with van der Waals surface area (Å²) >= 11 is 3.48. The molecule has 0 fully saturated rings. The summed E-state index contributed by atoms with van der Waals surface area (Å²) in [6.07, 6.45) is 1.11. The van der Waals surface area contributed by atoms with Crippen molar-refractivity contribution in [3.63, 3.8) is 0 Å². The van der Waals surface area contributed by atoms with Gasteiger partial charge in [-0.05, 0) is 24.6 Å². The molecule has 2 rings (SSSR count). The second-order valence-corrected chi connectivity index (χ2v) is 4.51. The van der Waals surface area contributed by atoms with E-state index in [0.29, 0.717) is 6.04 Å². The van der Waals surface area contributed by atoms with E-state index in [-0.39, 0.29) is 0 Å². The molecule has 0 bridgehead atoms. The van der Waals surface area contributed by atoms with Crippen molar-refractivity contribution >= 4 is 21.6 Å². The molecule has 0 spiro atoms. The maximum Gasteiger partial charge on any atom is 0.142 e. The molecule has 0 aliphatic carbocycles. The Labute approximate surface area is 93.0 Å². The Hall–Kier alpha value is -0.700. The average Bonchev–Trinajstić information content (AvgIpc) is 2.20. The summed E-state index contributed by atoms with van der Waals surface area (Å²) in [5, 5.41) is 0. The molecule has 1 aliphatic heterocycles. The first-order chi connectivity index (χ1) is 6.72. The molecule has 0 saturated carbocycles. The summed E-state index contributed by atoms with van der Waals surface area (Å²) < 4.78 is 6.79. The summed E-state index contributed by atoms with van der Waals surface area (Å²) in [4.78, 5) is 2.30. The van der Waals surface area contributed by atoms with E-state index in [4.69, 9.17) is 4.74 Å². The van der Waals surface area contributed by atoms with Crippen molar-refractivity contribution in [2.45, 2.75) is 19.4 Å². The lowest BCUT2D eigenvalue weighted by atomic mass is 10.1. The number of ether oxygens (including phenoxy) is 1. The Kier molecular flexibility index (Phi) is 2.68. The predicted octanol–water partition coefficient (Wildman–Crippen LogP) is 3.06. The summed E-state index contributed by atoms with van der Waals surface area (Å²) in [7, 11) is 2.13. The Morgan fingerprint density at radius 1 is 1.57 bits per heavy atom. The van der Waals surface area contributed by atoms with Gasteiger partial charge >= 0.3 is 0 Å². The van der Waals surface area contributed by atoms with Gasteiger partial charge in [0.25, 0.3) is 0 Å². The fraction of sp³-hybridized carbons (Fsp3) is 0.455. The summed E-state index contributed by atoms with van der Waals surface area (Å²) in [5.41, 5.74) is 1.18. The zero-order valence-corrected chi connectivity index (χ0v) is 10.0. The number of likely N-dealkylation sites (N-methyl/N-ethyl adjacent to an activating group) is 1.